The highest BCUT2D eigenvalue weighted by atomic mass is 35.5. The van der Waals surface area contributed by atoms with Crippen LogP contribution in [0, 0.1) is 5.41 Å². The molecule has 32 heavy (non-hydrogen) atoms. The predicted octanol–water partition coefficient (Wildman–Crippen LogP) is 7.22. The molecular formula is C21H15Cl2F3N2O2S2. The van der Waals surface area contributed by atoms with Crippen molar-refractivity contribution >= 4 is 61.5 Å². The van der Waals surface area contributed by atoms with Gasteiger partial charge in [0.05, 0.1) is 21.3 Å². The number of nitrogens with one attached hydrogen (secondary N) is 1. The van der Waals surface area contributed by atoms with Crippen molar-refractivity contribution in [2.24, 2.45) is 4.99 Å². The maximum atomic E-state index is 13.1. The van der Waals surface area contributed by atoms with Crippen molar-refractivity contribution < 1.29 is 21.6 Å². The van der Waals surface area contributed by atoms with E-state index in [1.807, 2.05) is 0 Å². The summed E-state index contributed by atoms with van der Waals surface area (Å²) in [5, 5.41) is 9.61. The van der Waals surface area contributed by atoms with Crippen LogP contribution in [-0.4, -0.2) is 32.3 Å². The molecule has 0 radical (unpaired) electrons. The van der Waals surface area contributed by atoms with Gasteiger partial charge in [0.15, 0.2) is 9.84 Å². The van der Waals surface area contributed by atoms with Crippen molar-refractivity contribution in [1.82, 2.24) is 0 Å². The molecule has 0 saturated heterocycles. The van der Waals surface area contributed by atoms with Crippen LogP contribution in [0.25, 0.3) is 11.1 Å². The Balaban J connectivity index is 2.07. The van der Waals surface area contributed by atoms with Crippen molar-refractivity contribution in [2.45, 2.75) is 17.5 Å². The molecule has 3 rings (SSSR count). The largest absolute Gasteiger partial charge is 0.429 e. The van der Waals surface area contributed by atoms with Gasteiger partial charge in [0.2, 0.25) is 0 Å². The second-order valence-electron chi connectivity index (χ2n) is 6.81. The third-order valence-electron chi connectivity index (χ3n) is 4.33. The second-order valence-corrected chi connectivity index (χ2v) is 10.6. The molecule has 0 unspecified atom stereocenters. The fraction of sp³-hybridized carbons (Fsp3) is 0.143. The molecule has 0 fully saturated rings. The topological polar surface area (TPSA) is 70.3 Å². The summed E-state index contributed by atoms with van der Waals surface area (Å²) in [6, 6.07) is 12.3. The Morgan fingerprint density at radius 1 is 1.09 bits per heavy atom. The van der Waals surface area contributed by atoms with E-state index in [-0.39, 0.29) is 21.3 Å². The molecule has 0 atom stereocenters. The van der Waals surface area contributed by atoms with Crippen molar-refractivity contribution in [2.75, 3.05) is 6.26 Å². The summed E-state index contributed by atoms with van der Waals surface area (Å²) in [5.41, 5.74) is -0.0889. The lowest BCUT2D eigenvalue weighted by Crippen LogP contribution is -2.24. The SMILES string of the molecule is CS(=O)(=O)c1cccc(-c2csc(C(CC(=N)C(F)(F)F)=Nc3cc(Cl)ccc3Cl)c2)c1. The molecular weight excluding hydrogens is 504 g/mol. The molecule has 0 aliphatic rings. The molecule has 0 saturated carbocycles. The molecule has 3 aromatic rings. The van der Waals surface area contributed by atoms with Gasteiger partial charge in [-0.2, -0.15) is 13.2 Å². The van der Waals surface area contributed by atoms with Gasteiger partial charge in [0.25, 0.3) is 0 Å². The maximum absolute atomic E-state index is 13.1. The highest BCUT2D eigenvalue weighted by molar-refractivity contribution is 7.90. The van der Waals surface area contributed by atoms with E-state index in [0.29, 0.717) is 21.0 Å². The molecule has 11 heteroatoms. The van der Waals surface area contributed by atoms with E-state index in [1.165, 1.54) is 30.3 Å². The molecule has 0 spiro atoms. The summed E-state index contributed by atoms with van der Waals surface area (Å²) in [6.45, 7) is 0. The van der Waals surface area contributed by atoms with Crippen molar-refractivity contribution in [3.05, 3.63) is 68.8 Å². The summed E-state index contributed by atoms with van der Waals surface area (Å²) < 4.78 is 62.8. The van der Waals surface area contributed by atoms with Crippen molar-refractivity contribution in [1.29, 1.82) is 5.41 Å². The summed E-state index contributed by atoms with van der Waals surface area (Å²) >= 11 is 13.2. The first-order valence-corrected chi connectivity index (χ1v) is 12.4. The lowest BCUT2D eigenvalue weighted by atomic mass is 10.1. The minimum Gasteiger partial charge on any atom is -0.300 e. The first-order chi connectivity index (χ1) is 14.8. The fourth-order valence-corrected chi connectivity index (χ4v) is 4.61. The lowest BCUT2D eigenvalue weighted by Gasteiger charge is -2.10. The van der Waals surface area contributed by atoms with Crippen LogP contribution in [0.4, 0.5) is 18.9 Å². The highest BCUT2D eigenvalue weighted by Gasteiger charge is 2.35. The third-order valence-corrected chi connectivity index (χ3v) is 6.97. The Labute approximate surface area is 196 Å². The van der Waals surface area contributed by atoms with Gasteiger partial charge in [-0.25, -0.2) is 13.4 Å². The Hall–Kier alpha value is -2.20. The Morgan fingerprint density at radius 3 is 2.47 bits per heavy atom. The molecule has 0 aliphatic heterocycles. The van der Waals surface area contributed by atoms with Crippen LogP contribution in [0.2, 0.25) is 10.0 Å². The molecule has 1 heterocycles. The van der Waals surface area contributed by atoms with E-state index in [4.69, 9.17) is 28.6 Å². The van der Waals surface area contributed by atoms with E-state index >= 15 is 0 Å². The first-order valence-electron chi connectivity index (χ1n) is 8.91. The number of aliphatic imine (C=N–C) groups is 1. The predicted molar refractivity (Wildman–Crippen MR) is 124 cm³/mol. The van der Waals surface area contributed by atoms with Gasteiger partial charge in [-0.1, -0.05) is 35.3 Å². The number of hydrogen-bond acceptors (Lipinski definition) is 5. The summed E-state index contributed by atoms with van der Waals surface area (Å²) in [4.78, 5) is 4.79. The molecule has 0 amide bonds. The quantitative estimate of drug-likeness (QED) is 0.350. The van der Waals surface area contributed by atoms with Crippen LogP contribution < -0.4 is 0 Å². The number of alkyl halides is 3. The first kappa shape index (κ1) is 24.4. The number of sulfone groups is 1. The van der Waals surface area contributed by atoms with Gasteiger partial charge in [-0.3, -0.25) is 0 Å². The zero-order valence-electron chi connectivity index (χ0n) is 16.4. The number of benzene rings is 2. The van der Waals surface area contributed by atoms with Crippen LogP contribution >= 0.6 is 34.5 Å². The minimum atomic E-state index is -4.80. The van der Waals surface area contributed by atoms with Gasteiger partial charge in [0.1, 0.15) is 5.71 Å². The van der Waals surface area contributed by atoms with Crippen LogP contribution in [-0.2, 0) is 9.84 Å². The van der Waals surface area contributed by atoms with E-state index in [0.717, 1.165) is 17.6 Å². The van der Waals surface area contributed by atoms with Crippen LogP contribution in [0.3, 0.4) is 0 Å². The van der Waals surface area contributed by atoms with Gasteiger partial charge in [-0.05, 0) is 52.9 Å². The van der Waals surface area contributed by atoms with Crippen molar-refractivity contribution in [3.63, 3.8) is 0 Å². The number of nitrogens with zero attached hydrogens (tertiary/aromatic N) is 1. The normalized spacial score (nSPS) is 12.8. The van der Waals surface area contributed by atoms with Crippen LogP contribution in [0.1, 0.15) is 11.3 Å². The Kier molecular flexibility index (Phi) is 7.14. The summed E-state index contributed by atoms with van der Waals surface area (Å²) in [5.74, 6) is 0. The number of rotatable bonds is 6. The van der Waals surface area contributed by atoms with Crippen molar-refractivity contribution in [3.8, 4) is 11.1 Å². The zero-order chi connectivity index (χ0) is 23.7. The van der Waals surface area contributed by atoms with Gasteiger partial charge >= 0.3 is 6.18 Å². The molecule has 2 aromatic carbocycles. The number of thiophene rings is 1. The summed E-state index contributed by atoms with van der Waals surface area (Å²) in [6.07, 6.45) is -4.48. The third kappa shape index (κ3) is 5.98. The van der Waals surface area contributed by atoms with Gasteiger partial charge < -0.3 is 5.41 Å². The second kappa shape index (κ2) is 9.35. The highest BCUT2D eigenvalue weighted by Crippen LogP contribution is 2.33. The molecule has 0 bridgehead atoms. The molecule has 1 aromatic heterocycles. The fourth-order valence-electron chi connectivity index (χ4n) is 2.71. The maximum Gasteiger partial charge on any atom is 0.429 e. The smallest absolute Gasteiger partial charge is 0.300 e. The average molecular weight is 519 g/mol. The molecule has 4 nitrogen and oxygen atoms in total. The standard InChI is InChI=1S/C21H15Cl2F3N2O2S2/c1-32(29,30)15-4-2-3-12(7-15)13-8-19(31-11-13)18(10-20(27)21(24,25)26)28-17-9-14(22)5-6-16(17)23/h2-9,11,27H,10H2,1H3. The van der Waals surface area contributed by atoms with E-state index in [2.05, 4.69) is 4.99 Å². The number of halogens is 5. The number of hydrogen-bond donors (Lipinski definition) is 1. The average Bonchev–Trinajstić information content (AvgIpc) is 3.19. The van der Waals surface area contributed by atoms with Gasteiger partial charge in [0, 0.05) is 22.6 Å². The van der Waals surface area contributed by atoms with Gasteiger partial charge in [-0.15, -0.1) is 11.3 Å². The zero-order valence-corrected chi connectivity index (χ0v) is 19.5. The van der Waals surface area contributed by atoms with Crippen LogP contribution in [0.5, 0.6) is 0 Å². The monoisotopic (exact) mass is 518 g/mol. The van der Waals surface area contributed by atoms with Crippen LogP contribution in [0.15, 0.2) is 63.8 Å². The minimum absolute atomic E-state index is 0.00740. The molecule has 0 aliphatic carbocycles. The molecule has 1 N–H and O–H groups in total. The lowest BCUT2D eigenvalue weighted by molar-refractivity contribution is -0.0605. The summed E-state index contributed by atoms with van der Waals surface area (Å²) in [7, 11) is -3.43. The Morgan fingerprint density at radius 2 is 1.81 bits per heavy atom. The van der Waals surface area contributed by atoms with E-state index in [9.17, 15) is 21.6 Å². The van der Waals surface area contributed by atoms with E-state index in [1.54, 1.807) is 23.6 Å². The molecule has 168 valence electrons. The van der Waals surface area contributed by atoms with E-state index < -0.39 is 28.1 Å². The Bertz CT molecular complexity index is 1320.